The van der Waals surface area contributed by atoms with E-state index in [1.165, 1.54) is 21.9 Å². The van der Waals surface area contributed by atoms with Gasteiger partial charge < -0.3 is 9.97 Å². The number of benzene rings is 4. The highest BCUT2D eigenvalue weighted by Crippen LogP contribution is 2.30. The van der Waals surface area contributed by atoms with Crippen molar-refractivity contribution in [2.45, 2.75) is 13.8 Å². The van der Waals surface area contributed by atoms with Gasteiger partial charge in [-0.15, -0.1) is 0 Å². The Morgan fingerprint density at radius 2 is 1.00 bits per heavy atom. The SMILES string of the molecule is Cc1cc(-c2ccc(N=Cc3c[nH]c4ccccc34)c(C)c2)ccc1N=Cc1c[nH]c2ccccc12. The maximum absolute atomic E-state index is 4.77. The van der Waals surface area contributed by atoms with Gasteiger partial charge in [0, 0.05) is 57.8 Å². The quantitative estimate of drug-likeness (QED) is 0.240. The standard InChI is InChI=1S/C32H26N4/c1-21-15-23(11-13-29(21)33-17-25-19-35-31-9-5-3-7-27(25)31)24-12-14-30(22(2)16-24)34-18-26-20-36-32-10-6-4-8-28(26)32/h3-20,35-36H,1-2H3. The predicted molar refractivity (Wildman–Crippen MR) is 152 cm³/mol. The Kier molecular flexibility index (Phi) is 5.55. The second-order valence-electron chi connectivity index (χ2n) is 9.10. The first-order chi connectivity index (χ1) is 17.7. The Bertz CT molecular complexity index is 1630. The van der Waals surface area contributed by atoms with Crippen LogP contribution in [0.1, 0.15) is 22.3 Å². The summed E-state index contributed by atoms with van der Waals surface area (Å²) >= 11 is 0. The first-order valence-electron chi connectivity index (χ1n) is 12.1. The van der Waals surface area contributed by atoms with Gasteiger partial charge in [0.15, 0.2) is 0 Å². The van der Waals surface area contributed by atoms with E-state index in [1.54, 1.807) is 0 Å². The van der Waals surface area contributed by atoms with Crippen LogP contribution in [0.2, 0.25) is 0 Å². The molecule has 0 bridgehead atoms. The summed E-state index contributed by atoms with van der Waals surface area (Å²) in [5.74, 6) is 0. The lowest BCUT2D eigenvalue weighted by Gasteiger charge is -2.08. The third-order valence-corrected chi connectivity index (χ3v) is 6.65. The highest BCUT2D eigenvalue weighted by Gasteiger charge is 2.06. The summed E-state index contributed by atoms with van der Waals surface area (Å²) in [4.78, 5) is 16.1. The summed E-state index contributed by atoms with van der Waals surface area (Å²) in [5, 5.41) is 2.36. The first-order valence-corrected chi connectivity index (χ1v) is 12.1. The molecule has 4 heteroatoms. The van der Waals surface area contributed by atoms with E-state index < -0.39 is 0 Å². The Balaban J connectivity index is 1.23. The number of H-pyrrole nitrogens is 2. The fourth-order valence-corrected chi connectivity index (χ4v) is 4.64. The minimum Gasteiger partial charge on any atom is -0.361 e. The van der Waals surface area contributed by atoms with Crippen LogP contribution in [0.25, 0.3) is 32.9 Å². The van der Waals surface area contributed by atoms with Gasteiger partial charge in [-0.2, -0.15) is 0 Å². The summed E-state index contributed by atoms with van der Waals surface area (Å²) in [6, 6.07) is 29.4. The van der Waals surface area contributed by atoms with E-state index in [9.17, 15) is 0 Å². The number of fused-ring (bicyclic) bond motifs is 2. The Morgan fingerprint density at radius 1 is 0.556 bits per heavy atom. The second kappa shape index (κ2) is 9.16. The molecule has 0 spiro atoms. The highest BCUT2D eigenvalue weighted by atomic mass is 14.7. The monoisotopic (exact) mass is 466 g/mol. The molecule has 0 unspecified atom stereocenters. The van der Waals surface area contributed by atoms with Gasteiger partial charge in [-0.25, -0.2) is 0 Å². The smallest absolute Gasteiger partial charge is 0.0659 e. The molecule has 0 atom stereocenters. The van der Waals surface area contributed by atoms with Gasteiger partial charge in [0.2, 0.25) is 0 Å². The van der Waals surface area contributed by atoms with E-state index in [0.717, 1.165) is 44.7 Å². The Morgan fingerprint density at radius 3 is 1.44 bits per heavy atom. The maximum Gasteiger partial charge on any atom is 0.0659 e. The molecule has 0 amide bonds. The largest absolute Gasteiger partial charge is 0.361 e. The van der Waals surface area contributed by atoms with Crippen LogP contribution in [0.4, 0.5) is 11.4 Å². The van der Waals surface area contributed by atoms with Crippen LogP contribution in [-0.4, -0.2) is 22.4 Å². The van der Waals surface area contributed by atoms with Crippen LogP contribution in [0, 0.1) is 13.8 Å². The number of nitrogens with one attached hydrogen (secondary N) is 2. The minimum atomic E-state index is 0.973. The van der Waals surface area contributed by atoms with Gasteiger partial charge in [0.1, 0.15) is 0 Å². The fraction of sp³-hybridized carbons (Fsp3) is 0.0625. The lowest BCUT2D eigenvalue weighted by Crippen LogP contribution is -1.85. The van der Waals surface area contributed by atoms with Crippen LogP contribution < -0.4 is 0 Å². The van der Waals surface area contributed by atoms with Crippen molar-refractivity contribution < 1.29 is 0 Å². The zero-order valence-electron chi connectivity index (χ0n) is 20.3. The van der Waals surface area contributed by atoms with Crippen LogP contribution >= 0.6 is 0 Å². The van der Waals surface area contributed by atoms with Gasteiger partial charge >= 0.3 is 0 Å². The normalized spacial score (nSPS) is 11.9. The fourth-order valence-electron chi connectivity index (χ4n) is 4.64. The predicted octanol–water partition coefficient (Wildman–Crippen LogP) is 8.43. The first kappa shape index (κ1) is 21.8. The van der Waals surface area contributed by atoms with Gasteiger partial charge in [0.25, 0.3) is 0 Å². The van der Waals surface area contributed by atoms with E-state index in [4.69, 9.17) is 9.98 Å². The molecule has 0 saturated heterocycles. The molecule has 4 nitrogen and oxygen atoms in total. The van der Waals surface area contributed by atoms with Crippen molar-refractivity contribution in [3.63, 3.8) is 0 Å². The molecule has 6 aromatic rings. The number of aromatic amines is 2. The molecule has 0 radical (unpaired) electrons. The van der Waals surface area contributed by atoms with Crippen LogP contribution in [0.3, 0.4) is 0 Å². The van der Waals surface area contributed by atoms with Crippen molar-refractivity contribution in [2.75, 3.05) is 0 Å². The number of hydrogen-bond donors (Lipinski definition) is 2. The average molecular weight is 467 g/mol. The molecular formula is C32H26N4. The third-order valence-electron chi connectivity index (χ3n) is 6.65. The summed E-state index contributed by atoms with van der Waals surface area (Å²) in [7, 11) is 0. The highest BCUT2D eigenvalue weighted by molar-refractivity contribution is 6.00. The van der Waals surface area contributed by atoms with E-state index in [2.05, 4.69) is 84.5 Å². The molecule has 2 aromatic heterocycles. The van der Waals surface area contributed by atoms with Gasteiger partial charge in [-0.3, -0.25) is 9.98 Å². The minimum absolute atomic E-state index is 0.973. The number of aromatic nitrogens is 2. The third kappa shape index (κ3) is 4.14. The van der Waals surface area contributed by atoms with Gasteiger partial charge in [-0.1, -0.05) is 48.5 Å². The van der Waals surface area contributed by atoms with E-state index >= 15 is 0 Å². The molecule has 6 rings (SSSR count). The van der Waals surface area contributed by atoms with Crippen LogP contribution in [-0.2, 0) is 0 Å². The molecule has 0 aliphatic heterocycles. The molecule has 174 valence electrons. The Labute approximate surface area is 210 Å². The summed E-state index contributed by atoms with van der Waals surface area (Å²) < 4.78 is 0. The summed E-state index contributed by atoms with van der Waals surface area (Å²) in [5.41, 5.74) is 11.0. The number of rotatable bonds is 5. The zero-order valence-corrected chi connectivity index (χ0v) is 20.3. The van der Waals surface area contributed by atoms with Crippen LogP contribution in [0.5, 0.6) is 0 Å². The molecule has 2 heterocycles. The van der Waals surface area contributed by atoms with Crippen LogP contribution in [0.15, 0.2) is 107 Å². The van der Waals surface area contributed by atoms with Crippen molar-refractivity contribution in [3.05, 3.63) is 120 Å². The van der Waals surface area contributed by atoms with Crippen molar-refractivity contribution in [3.8, 4) is 11.1 Å². The molecule has 2 N–H and O–H groups in total. The molecule has 4 aromatic carbocycles. The topological polar surface area (TPSA) is 56.3 Å². The summed E-state index contributed by atoms with van der Waals surface area (Å²) in [6.45, 7) is 4.22. The average Bonchev–Trinajstić information content (AvgIpc) is 3.51. The Hall–Kier alpha value is -4.70. The number of hydrogen-bond acceptors (Lipinski definition) is 2. The number of aryl methyl sites for hydroxylation is 2. The molecule has 36 heavy (non-hydrogen) atoms. The maximum atomic E-state index is 4.77. The van der Waals surface area contributed by atoms with E-state index in [0.29, 0.717) is 0 Å². The lowest BCUT2D eigenvalue weighted by molar-refractivity contribution is 1.38. The second-order valence-corrected chi connectivity index (χ2v) is 9.10. The van der Waals surface area contributed by atoms with Crippen molar-refractivity contribution >= 4 is 45.6 Å². The number of nitrogens with zero attached hydrogens (tertiary/aromatic N) is 2. The molecule has 0 fully saturated rings. The lowest BCUT2D eigenvalue weighted by atomic mass is 10.00. The number of para-hydroxylation sites is 2. The molecular weight excluding hydrogens is 440 g/mol. The molecule has 0 saturated carbocycles. The number of aliphatic imine (C=N–C) groups is 2. The zero-order chi connectivity index (χ0) is 24.5. The van der Waals surface area contributed by atoms with Crippen molar-refractivity contribution in [1.82, 2.24) is 9.97 Å². The molecule has 0 aliphatic rings. The summed E-state index contributed by atoms with van der Waals surface area (Å²) in [6.07, 6.45) is 7.88. The van der Waals surface area contributed by atoms with Gasteiger partial charge in [-0.05, 0) is 72.5 Å². The van der Waals surface area contributed by atoms with E-state index in [-0.39, 0.29) is 0 Å². The molecule has 0 aliphatic carbocycles. The van der Waals surface area contributed by atoms with E-state index in [1.807, 2.05) is 49.1 Å². The van der Waals surface area contributed by atoms with Gasteiger partial charge in [0.05, 0.1) is 11.4 Å². The van der Waals surface area contributed by atoms with Crippen molar-refractivity contribution in [2.24, 2.45) is 9.98 Å². The van der Waals surface area contributed by atoms with Crippen molar-refractivity contribution in [1.29, 1.82) is 0 Å².